The first kappa shape index (κ1) is 21.7. The van der Waals surface area contributed by atoms with Gasteiger partial charge in [-0.1, -0.05) is 71.2 Å². The Morgan fingerprint density at radius 3 is 2.31 bits per heavy atom. The van der Waals surface area contributed by atoms with Crippen molar-refractivity contribution in [3.8, 4) is 11.4 Å². The third-order valence-corrected chi connectivity index (χ3v) is 5.04. The van der Waals surface area contributed by atoms with Crippen LogP contribution in [0.2, 0.25) is 10.0 Å². The Morgan fingerprint density at radius 2 is 1.56 bits per heavy atom. The van der Waals surface area contributed by atoms with Gasteiger partial charge in [-0.05, 0) is 36.8 Å². The second kappa shape index (κ2) is 9.72. The molecule has 0 aliphatic rings. The molecule has 4 aromatic rings. The minimum Gasteiger partial charge on any atom is -0.323 e. The van der Waals surface area contributed by atoms with Gasteiger partial charge in [-0.25, -0.2) is 9.82 Å². The summed E-state index contributed by atoms with van der Waals surface area (Å²) in [4.78, 5) is 12.9. The van der Waals surface area contributed by atoms with E-state index in [9.17, 15) is 4.39 Å². The molecule has 2 N–H and O–H groups in total. The molecule has 9 heteroatoms. The van der Waals surface area contributed by atoms with Crippen LogP contribution in [0.15, 0.2) is 71.8 Å². The number of nitrogens with zero attached hydrogens (tertiary/aromatic N) is 4. The van der Waals surface area contributed by atoms with Crippen molar-refractivity contribution in [1.82, 2.24) is 15.0 Å². The molecule has 0 bridgehead atoms. The SMILES string of the molecule is Cc1ccc(/C=N/Nc2nc(Nc3ccccc3Cl)nc(-c3c(F)cccc3Cl)n2)cc1. The van der Waals surface area contributed by atoms with E-state index in [0.717, 1.165) is 11.1 Å². The first-order chi connectivity index (χ1) is 15.5. The molecular weight excluding hydrogens is 450 g/mol. The summed E-state index contributed by atoms with van der Waals surface area (Å²) < 4.78 is 14.5. The fourth-order valence-electron chi connectivity index (χ4n) is 2.81. The molecule has 0 amide bonds. The predicted octanol–water partition coefficient (Wildman–Crippen LogP) is 6.48. The Balaban J connectivity index is 1.70. The van der Waals surface area contributed by atoms with E-state index >= 15 is 0 Å². The van der Waals surface area contributed by atoms with Crippen molar-refractivity contribution in [1.29, 1.82) is 0 Å². The zero-order valence-corrected chi connectivity index (χ0v) is 18.4. The molecule has 32 heavy (non-hydrogen) atoms. The summed E-state index contributed by atoms with van der Waals surface area (Å²) in [5.41, 5.74) is 5.45. The number of halogens is 3. The Kier molecular flexibility index (Phi) is 6.58. The fourth-order valence-corrected chi connectivity index (χ4v) is 3.24. The lowest BCUT2D eigenvalue weighted by molar-refractivity contribution is 0.630. The summed E-state index contributed by atoms with van der Waals surface area (Å²) >= 11 is 12.4. The lowest BCUT2D eigenvalue weighted by Gasteiger charge is -2.11. The van der Waals surface area contributed by atoms with E-state index in [1.165, 1.54) is 12.1 Å². The van der Waals surface area contributed by atoms with E-state index in [1.54, 1.807) is 30.5 Å². The number of hydrogen-bond donors (Lipinski definition) is 2. The van der Waals surface area contributed by atoms with Gasteiger partial charge in [0.25, 0.3) is 0 Å². The summed E-state index contributed by atoms with van der Waals surface area (Å²) in [5.74, 6) is -0.255. The monoisotopic (exact) mass is 466 g/mol. The smallest absolute Gasteiger partial charge is 0.248 e. The Bertz CT molecular complexity index is 1260. The van der Waals surface area contributed by atoms with Gasteiger partial charge in [-0.3, -0.25) is 0 Å². The maximum absolute atomic E-state index is 14.5. The number of hydrogen-bond acceptors (Lipinski definition) is 6. The zero-order valence-electron chi connectivity index (χ0n) is 16.9. The van der Waals surface area contributed by atoms with Crippen molar-refractivity contribution in [2.24, 2.45) is 5.10 Å². The van der Waals surface area contributed by atoms with E-state index in [2.05, 4.69) is 30.8 Å². The van der Waals surface area contributed by atoms with Crippen LogP contribution in [0.5, 0.6) is 0 Å². The highest BCUT2D eigenvalue weighted by atomic mass is 35.5. The van der Waals surface area contributed by atoms with Gasteiger partial charge in [-0.2, -0.15) is 20.1 Å². The number of rotatable bonds is 6. The molecule has 160 valence electrons. The van der Waals surface area contributed by atoms with Crippen LogP contribution < -0.4 is 10.7 Å². The van der Waals surface area contributed by atoms with Crippen molar-refractivity contribution in [2.75, 3.05) is 10.7 Å². The summed E-state index contributed by atoms with van der Waals surface area (Å²) in [6.07, 6.45) is 1.63. The minimum atomic E-state index is -0.554. The zero-order chi connectivity index (χ0) is 22.5. The van der Waals surface area contributed by atoms with E-state index in [4.69, 9.17) is 23.2 Å². The van der Waals surface area contributed by atoms with Crippen LogP contribution in [0.1, 0.15) is 11.1 Å². The summed E-state index contributed by atoms with van der Waals surface area (Å²) in [6.45, 7) is 2.01. The van der Waals surface area contributed by atoms with Gasteiger partial charge in [0.1, 0.15) is 5.82 Å². The molecule has 0 radical (unpaired) electrons. The molecule has 0 fully saturated rings. The van der Waals surface area contributed by atoms with E-state index < -0.39 is 5.82 Å². The Labute approximate surface area is 194 Å². The van der Waals surface area contributed by atoms with Crippen molar-refractivity contribution < 1.29 is 4.39 Å². The number of aryl methyl sites for hydroxylation is 1. The van der Waals surface area contributed by atoms with E-state index in [-0.39, 0.29) is 28.3 Å². The molecule has 0 aliphatic carbocycles. The molecule has 1 heterocycles. The molecule has 3 aromatic carbocycles. The highest BCUT2D eigenvalue weighted by molar-refractivity contribution is 6.33. The molecule has 0 saturated carbocycles. The molecular formula is C23H17Cl2FN6. The number of benzene rings is 3. The van der Waals surface area contributed by atoms with Crippen LogP contribution >= 0.6 is 23.2 Å². The second-order valence-corrected chi connectivity index (χ2v) is 7.60. The van der Waals surface area contributed by atoms with Crippen molar-refractivity contribution in [2.45, 2.75) is 6.92 Å². The van der Waals surface area contributed by atoms with Gasteiger partial charge < -0.3 is 5.32 Å². The van der Waals surface area contributed by atoms with Gasteiger partial charge in [0.15, 0.2) is 5.82 Å². The van der Waals surface area contributed by atoms with Gasteiger partial charge >= 0.3 is 0 Å². The molecule has 1 aromatic heterocycles. The highest BCUT2D eigenvalue weighted by Crippen LogP contribution is 2.30. The summed E-state index contributed by atoms with van der Waals surface area (Å²) in [6, 6.07) is 19.3. The van der Waals surface area contributed by atoms with Crippen molar-refractivity contribution >= 4 is 47.0 Å². The summed E-state index contributed by atoms with van der Waals surface area (Å²) in [5, 5.41) is 7.86. The van der Waals surface area contributed by atoms with Gasteiger partial charge in [0, 0.05) is 0 Å². The lowest BCUT2D eigenvalue weighted by atomic mass is 10.2. The molecule has 0 unspecified atom stereocenters. The fraction of sp³-hybridized carbons (Fsp3) is 0.0435. The lowest BCUT2D eigenvalue weighted by Crippen LogP contribution is -2.06. The maximum Gasteiger partial charge on any atom is 0.248 e. The minimum absolute atomic E-state index is 0.0469. The topological polar surface area (TPSA) is 75.1 Å². The van der Waals surface area contributed by atoms with Crippen LogP contribution in [0, 0.1) is 12.7 Å². The molecule has 0 aliphatic heterocycles. The molecule has 0 spiro atoms. The van der Waals surface area contributed by atoms with Crippen LogP contribution in [0.3, 0.4) is 0 Å². The Morgan fingerprint density at radius 1 is 0.844 bits per heavy atom. The van der Waals surface area contributed by atoms with E-state index in [1.807, 2.05) is 37.3 Å². The number of para-hydroxylation sites is 1. The average molecular weight is 467 g/mol. The maximum atomic E-state index is 14.5. The van der Waals surface area contributed by atoms with Gasteiger partial charge in [0.05, 0.1) is 27.5 Å². The van der Waals surface area contributed by atoms with Gasteiger partial charge in [-0.15, -0.1) is 0 Å². The summed E-state index contributed by atoms with van der Waals surface area (Å²) in [7, 11) is 0. The van der Waals surface area contributed by atoms with Crippen LogP contribution in [0.4, 0.5) is 22.0 Å². The van der Waals surface area contributed by atoms with E-state index in [0.29, 0.717) is 10.7 Å². The number of nitrogens with one attached hydrogen (secondary N) is 2. The van der Waals surface area contributed by atoms with Crippen molar-refractivity contribution in [3.63, 3.8) is 0 Å². The second-order valence-electron chi connectivity index (χ2n) is 6.79. The normalized spacial score (nSPS) is 11.0. The van der Waals surface area contributed by atoms with Crippen LogP contribution in [-0.4, -0.2) is 21.2 Å². The first-order valence-corrected chi connectivity index (χ1v) is 10.3. The van der Waals surface area contributed by atoms with Gasteiger partial charge in [0.2, 0.25) is 11.9 Å². The molecule has 0 atom stereocenters. The van der Waals surface area contributed by atoms with Crippen LogP contribution in [-0.2, 0) is 0 Å². The standard InChI is InChI=1S/C23H17Cl2FN6/c1-14-9-11-15(12-10-14)13-27-32-23-30-21(20-17(25)6-4-7-18(20)26)29-22(31-23)28-19-8-3-2-5-16(19)24/h2-13H,1H3,(H2,28,29,30,31,32)/b27-13+. The number of aromatic nitrogens is 3. The van der Waals surface area contributed by atoms with Crippen molar-refractivity contribution in [3.05, 3.63) is 93.7 Å². The molecule has 0 saturated heterocycles. The molecule has 6 nitrogen and oxygen atoms in total. The van der Waals surface area contributed by atoms with Crippen LogP contribution in [0.25, 0.3) is 11.4 Å². The molecule has 4 rings (SSSR count). The quantitative estimate of drug-likeness (QED) is 0.251. The third-order valence-electron chi connectivity index (χ3n) is 4.40. The average Bonchev–Trinajstić information content (AvgIpc) is 2.77. The highest BCUT2D eigenvalue weighted by Gasteiger charge is 2.16. The first-order valence-electron chi connectivity index (χ1n) is 9.57. The predicted molar refractivity (Wildman–Crippen MR) is 127 cm³/mol. The number of hydrazone groups is 1. The largest absolute Gasteiger partial charge is 0.323 e. The third kappa shape index (κ3) is 5.19. The number of anilines is 3. The Hall–Kier alpha value is -3.55.